The third-order valence-electron chi connectivity index (χ3n) is 15.8. The topological polar surface area (TPSA) is 698 Å². The number of aliphatic hydroxyl groups excluding tert-OH is 2. The molecule has 0 saturated heterocycles. The molecule has 0 bridgehead atoms. The first-order valence-electron chi connectivity index (χ1n) is 34.0. The van der Waals surface area contributed by atoms with Crippen molar-refractivity contribution < 1.29 is 117 Å². The van der Waals surface area contributed by atoms with Gasteiger partial charge in [-0.15, -0.1) is 0 Å². The van der Waals surface area contributed by atoms with Crippen LogP contribution in [0.5, 0.6) is 0 Å². The van der Waals surface area contributed by atoms with Gasteiger partial charge < -0.3 is 123 Å². The Kier molecular flexibility index (Phi) is 43.9. The Morgan fingerprint density at radius 1 is 0.390 bits per heavy atom. The van der Waals surface area contributed by atoms with Crippen LogP contribution < -0.4 is 97.4 Å². The van der Waals surface area contributed by atoms with E-state index in [-0.39, 0.29) is 38.1 Å². The van der Waals surface area contributed by atoms with E-state index in [4.69, 9.17) is 22.9 Å². The van der Waals surface area contributed by atoms with Crippen molar-refractivity contribution in [1.29, 1.82) is 0 Å². The molecule has 0 aromatic rings. The SMILES string of the molecule is CC[C@H](C)[C@H](NC(=O)[C@H](CC(C)C)NC(=O)CNC(=O)[C@@H](NC(=O)[C@H](CO)NC(=O)[C@@H](NC(=O)[C@@H](NC(=O)CNC(=O)[C@H](C)NC(=O)[C@H](CCCCN)NC(=O)[C@H](CCC(=O)O)NC(=O)[C@H](CCC(=O)O)NC(=O)[C@H](CCC(N)=O)NC(=O)CNC(=O)[C@@H](N)CC(N)=O)C(C)C)C(C)C)[C@@H](C)O)C(=O)O. The highest BCUT2D eigenvalue weighted by molar-refractivity contribution is 6.00. The highest BCUT2D eigenvalue weighted by Crippen LogP contribution is 2.14. The van der Waals surface area contributed by atoms with E-state index >= 15 is 0 Å². The number of carboxylic acid groups (broad SMARTS) is 3. The number of carbonyl (C=O) groups is 19. The van der Waals surface area contributed by atoms with Crippen molar-refractivity contribution in [3.8, 4) is 0 Å². The second-order valence-corrected chi connectivity index (χ2v) is 26.1. The number of unbranched alkanes of at least 4 members (excludes halogenated alkanes) is 1. The van der Waals surface area contributed by atoms with Crippen LogP contribution in [0.3, 0.4) is 0 Å². The molecule has 0 unspecified atom stereocenters. The molecule has 594 valence electrons. The van der Waals surface area contributed by atoms with E-state index < -0.39 is 280 Å². The van der Waals surface area contributed by atoms with Crippen molar-refractivity contribution in [2.24, 2.45) is 46.6 Å². The molecule has 0 saturated carbocycles. The molecule has 0 spiro atoms. The van der Waals surface area contributed by atoms with Crippen LogP contribution >= 0.6 is 0 Å². The molecule has 0 fully saturated rings. The van der Waals surface area contributed by atoms with Crippen molar-refractivity contribution in [3.63, 3.8) is 0 Å². The zero-order chi connectivity index (χ0) is 80.7. The molecule has 0 aromatic carbocycles. The molecular weight excluding hydrogens is 1390 g/mol. The summed E-state index contributed by atoms with van der Waals surface area (Å²) in [4.78, 5) is 246. The number of primary amides is 2. The number of amides is 16. The molecule has 14 atom stereocenters. The summed E-state index contributed by atoms with van der Waals surface area (Å²) in [6.07, 6.45) is -5.49. The second-order valence-electron chi connectivity index (χ2n) is 26.1. The molecule has 0 rings (SSSR count). The quantitative estimate of drug-likeness (QED) is 0.0252. The molecule has 27 N–H and O–H groups in total. The maximum absolute atomic E-state index is 14.0. The fourth-order valence-electron chi connectivity index (χ4n) is 9.58. The van der Waals surface area contributed by atoms with Crippen LogP contribution in [0.2, 0.25) is 0 Å². The van der Waals surface area contributed by atoms with Crippen LogP contribution in [0.15, 0.2) is 0 Å². The Bertz CT molecular complexity index is 3040. The van der Waals surface area contributed by atoms with Gasteiger partial charge in [-0.05, 0) is 89.0 Å². The summed E-state index contributed by atoms with van der Waals surface area (Å²) < 4.78 is 0. The van der Waals surface area contributed by atoms with Gasteiger partial charge >= 0.3 is 17.9 Å². The lowest BCUT2D eigenvalue weighted by atomic mass is 9.97. The number of aliphatic hydroxyl groups is 2. The fraction of sp³-hybridized carbons (Fsp3) is 0.698. The van der Waals surface area contributed by atoms with Gasteiger partial charge in [0.05, 0.1) is 44.8 Å². The second kappa shape index (κ2) is 48.7. The van der Waals surface area contributed by atoms with Gasteiger partial charge in [0.1, 0.15) is 66.5 Å². The summed E-state index contributed by atoms with van der Waals surface area (Å²) in [5.41, 5.74) is 21.5. The number of nitrogens with one attached hydrogen (secondary N) is 14. The van der Waals surface area contributed by atoms with Crippen LogP contribution in [0, 0.1) is 23.7 Å². The molecule has 42 nitrogen and oxygen atoms in total. The van der Waals surface area contributed by atoms with E-state index in [9.17, 15) is 117 Å². The third kappa shape index (κ3) is 37.7. The summed E-state index contributed by atoms with van der Waals surface area (Å²) in [5.74, 6) is -22.9. The van der Waals surface area contributed by atoms with Crippen molar-refractivity contribution in [2.45, 2.75) is 225 Å². The van der Waals surface area contributed by atoms with Gasteiger partial charge in [-0.1, -0.05) is 61.8 Å². The Labute approximate surface area is 605 Å². The molecule has 0 aliphatic heterocycles. The Hall–Kier alpha value is -10.2. The third-order valence-corrected chi connectivity index (χ3v) is 15.8. The molecule has 0 radical (unpaired) electrons. The molecular formula is C63H108N18O24. The first-order chi connectivity index (χ1) is 48.9. The molecule has 0 aliphatic rings. The summed E-state index contributed by atoms with van der Waals surface area (Å²) in [6, 6.07) is -18.9. The average molecular weight is 1500 g/mol. The zero-order valence-electron chi connectivity index (χ0n) is 60.6. The van der Waals surface area contributed by atoms with Crippen molar-refractivity contribution in [1.82, 2.24) is 74.4 Å². The number of carbonyl (C=O) groups excluding carboxylic acids is 16. The maximum atomic E-state index is 14.0. The highest BCUT2D eigenvalue weighted by atomic mass is 16.4. The molecule has 0 heterocycles. The summed E-state index contributed by atoms with van der Waals surface area (Å²) in [6.45, 7) is 11.7. The van der Waals surface area contributed by atoms with Crippen LogP contribution in [-0.2, 0) is 91.1 Å². The minimum Gasteiger partial charge on any atom is -0.481 e. The summed E-state index contributed by atoms with van der Waals surface area (Å²) in [7, 11) is 0. The van der Waals surface area contributed by atoms with Crippen LogP contribution in [0.25, 0.3) is 0 Å². The van der Waals surface area contributed by atoms with Crippen LogP contribution in [-0.4, -0.2) is 249 Å². The lowest BCUT2D eigenvalue weighted by Gasteiger charge is -2.29. The van der Waals surface area contributed by atoms with E-state index in [0.717, 1.165) is 6.92 Å². The average Bonchev–Trinajstić information content (AvgIpc) is 0.880. The zero-order valence-corrected chi connectivity index (χ0v) is 60.6. The number of nitrogens with two attached hydrogens (primary N) is 4. The van der Waals surface area contributed by atoms with Crippen LogP contribution in [0.4, 0.5) is 0 Å². The van der Waals surface area contributed by atoms with Crippen molar-refractivity contribution >= 4 is 112 Å². The number of hydrogen-bond donors (Lipinski definition) is 23. The molecule has 105 heavy (non-hydrogen) atoms. The van der Waals surface area contributed by atoms with Crippen molar-refractivity contribution in [2.75, 3.05) is 32.8 Å². The maximum Gasteiger partial charge on any atom is 0.326 e. The van der Waals surface area contributed by atoms with Gasteiger partial charge in [0.2, 0.25) is 94.5 Å². The molecule has 16 amide bonds. The molecule has 42 heteroatoms. The van der Waals surface area contributed by atoms with E-state index in [1.165, 1.54) is 34.6 Å². The van der Waals surface area contributed by atoms with E-state index in [0.29, 0.717) is 6.42 Å². The first kappa shape index (κ1) is 94.8. The lowest BCUT2D eigenvalue weighted by Crippen LogP contribution is -2.62. The predicted octanol–water partition coefficient (Wildman–Crippen LogP) is -9.12. The highest BCUT2D eigenvalue weighted by Gasteiger charge is 2.38. The van der Waals surface area contributed by atoms with Gasteiger partial charge in [-0.25, -0.2) is 4.79 Å². The predicted molar refractivity (Wildman–Crippen MR) is 368 cm³/mol. The molecule has 0 aromatic heterocycles. The van der Waals surface area contributed by atoms with Gasteiger partial charge in [0, 0.05) is 19.3 Å². The summed E-state index contributed by atoms with van der Waals surface area (Å²) in [5, 5.41) is 81.8. The standard InChI is InChI=1S/C63H108N18O24/c1-11-31(8)50(63(104)105)80-58(99)39(22-28(2)3)73-44(87)25-70-60(101)51(33(10)83)81-59(100)40(27-82)77-61(102)49(30(6)7)79-62(103)48(29(4)5)78-45(88)26-68-52(93)32(9)71-54(95)35(14-12-13-21-64)74-56(97)37(16-19-46(89)90)76-57(98)38(17-20-47(91)92)75-55(96)36(15-18-41(66)84)72-43(86)24-69-53(94)34(65)23-42(67)85/h28-40,48-51,82-83H,11-27,64-65H2,1-10H3,(H2,66,84)(H2,67,85)(H,68,93)(H,69,94)(H,70,101)(H,71,95)(H,72,86)(H,73,87)(H,74,97)(H,75,96)(H,76,98)(H,77,102)(H,78,88)(H,79,103)(H,80,99)(H,81,100)(H,89,90)(H,91,92)(H,104,105)/t31-,32-,33+,34-,35-,36-,37-,38-,39-,40-,48-,49-,50-,51-/m0/s1. The Morgan fingerprint density at radius 3 is 1.20 bits per heavy atom. The minimum absolute atomic E-state index is 0.0792. The van der Waals surface area contributed by atoms with E-state index in [1.54, 1.807) is 27.7 Å². The fourth-order valence-corrected chi connectivity index (χ4v) is 9.58. The number of aliphatic carboxylic acids is 3. The monoisotopic (exact) mass is 1500 g/mol. The number of rotatable bonds is 52. The van der Waals surface area contributed by atoms with Gasteiger partial charge in [0.25, 0.3) is 0 Å². The minimum atomic E-state index is -1.86. The lowest BCUT2D eigenvalue weighted by molar-refractivity contribution is -0.144. The normalized spacial score (nSPS) is 15.1. The van der Waals surface area contributed by atoms with E-state index in [2.05, 4.69) is 74.4 Å². The first-order valence-corrected chi connectivity index (χ1v) is 34.0. The smallest absolute Gasteiger partial charge is 0.326 e. The van der Waals surface area contributed by atoms with Gasteiger partial charge in [-0.3, -0.25) is 86.3 Å². The largest absolute Gasteiger partial charge is 0.481 e. The molecule has 0 aliphatic carbocycles. The van der Waals surface area contributed by atoms with E-state index in [1.807, 2.05) is 0 Å². The van der Waals surface area contributed by atoms with Gasteiger partial charge in [-0.2, -0.15) is 0 Å². The number of carboxylic acids is 3. The number of hydrogen-bond acceptors (Lipinski definition) is 23. The Balaban J connectivity index is 6.28. The van der Waals surface area contributed by atoms with Gasteiger partial charge in [0.15, 0.2) is 0 Å². The van der Waals surface area contributed by atoms with Crippen molar-refractivity contribution in [3.05, 3.63) is 0 Å². The van der Waals surface area contributed by atoms with Crippen LogP contribution in [0.1, 0.15) is 146 Å². The Morgan fingerprint density at radius 2 is 0.771 bits per heavy atom. The summed E-state index contributed by atoms with van der Waals surface area (Å²) >= 11 is 0.